The van der Waals surface area contributed by atoms with E-state index in [0.717, 1.165) is 6.42 Å². The molecule has 1 saturated carbocycles. The topological polar surface area (TPSA) is 36.8 Å². The molecule has 4 atom stereocenters. The number of anilines is 8. The van der Waals surface area contributed by atoms with Gasteiger partial charge in [-0.1, -0.05) is 201 Å². The van der Waals surface area contributed by atoms with Crippen LogP contribution in [0.4, 0.5) is 45.5 Å². The summed E-state index contributed by atoms with van der Waals surface area (Å²) in [6, 6.07) is 74.8. The molecule has 4 unspecified atom stereocenters. The molecule has 5 nitrogen and oxygen atoms in total. The van der Waals surface area contributed by atoms with Crippen molar-refractivity contribution in [2.75, 3.05) is 19.6 Å². The highest BCUT2D eigenvalue weighted by atomic mass is 15.3. The van der Waals surface area contributed by atoms with Gasteiger partial charge in [0.05, 0.1) is 36.2 Å². The molecule has 13 rings (SSSR count). The summed E-state index contributed by atoms with van der Waals surface area (Å²) in [4.78, 5) is 10.7. The third-order valence-electron chi connectivity index (χ3n) is 18.1. The molecule has 0 saturated heterocycles. The Balaban J connectivity index is 1.16. The maximum absolute atomic E-state index is 12.9. The lowest BCUT2D eigenvalue weighted by molar-refractivity contribution is 0.245. The number of nitrogens with zero attached hydrogens (tertiary/aromatic N) is 5. The zero-order valence-electron chi connectivity index (χ0n) is 42.8. The number of para-hydroxylation sites is 8. The van der Waals surface area contributed by atoms with Crippen molar-refractivity contribution in [1.82, 2.24) is 0 Å². The molecule has 0 radical (unpaired) electrons. The van der Waals surface area contributed by atoms with Crippen LogP contribution in [0.3, 0.4) is 0 Å². The lowest BCUT2D eigenvalue weighted by atomic mass is 9.65. The molecule has 356 valence electrons. The van der Waals surface area contributed by atoms with Crippen LogP contribution in [0.15, 0.2) is 194 Å². The molecule has 0 aromatic heterocycles. The summed E-state index contributed by atoms with van der Waals surface area (Å²) in [7, 11) is 0. The molecule has 4 aliphatic heterocycles. The SMILES string of the molecule is CC1(C)c2ccccc2N(C2CC(N3c4ccccc4C(C)(C)c4ccccc43)C(N3c4ccccc4C(C)(C)c4ccccc43)C(C#N)C2N2c3ccccc3C(C)(C)c3ccccc32)c2ccccc21. The van der Waals surface area contributed by atoms with Gasteiger partial charge in [0.25, 0.3) is 0 Å². The van der Waals surface area contributed by atoms with Crippen LogP contribution in [0.5, 0.6) is 0 Å². The quantitative estimate of drug-likeness (QED) is 0.176. The average Bonchev–Trinajstić information content (AvgIpc) is 3.40. The first-order chi connectivity index (χ1) is 34.8. The van der Waals surface area contributed by atoms with Crippen LogP contribution in [0.1, 0.15) is 106 Å². The Bertz CT molecular complexity index is 3100. The van der Waals surface area contributed by atoms with Gasteiger partial charge in [-0.05, 0) is 99.5 Å². The molecule has 5 heteroatoms. The molecule has 72 heavy (non-hydrogen) atoms. The van der Waals surface area contributed by atoms with E-state index >= 15 is 0 Å². The highest BCUT2D eigenvalue weighted by molar-refractivity contribution is 5.86. The molecule has 0 amide bonds. The second-order valence-electron chi connectivity index (χ2n) is 23.1. The Morgan fingerprint density at radius 3 is 0.681 bits per heavy atom. The maximum Gasteiger partial charge on any atom is 0.0918 e. The van der Waals surface area contributed by atoms with Crippen molar-refractivity contribution in [2.45, 2.75) is 108 Å². The first kappa shape index (κ1) is 44.4. The number of benzene rings is 8. The van der Waals surface area contributed by atoms with Gasteiger partial charge in [-0.3, -0.25) is 0 Å². The minimum absolute atomic E-state index is 0.211. The van der Waals surface area contributed by atoms with Crippen molar-refractivity contribution in [3.8, 4) is 6.07 Å². The van der Waals surface area contributed by atoms with E-state index in [4.69, 9.17) is 0 Å². The number of fused-ring (bicyclic) bond motifs is 8. The molecule has 1 aliphatic carbocycles. The van der Waals surface area contributed by atoms with Crippen molar-refractivity contribution < 1.29 is 0 Å². The van der Waals surface area contributed by atoms with E-state index < -0.39 is 5.92 Å². The highest BCUT2D eigenvalue weighted by Gasteiger charge is 2.59. The smallest absolute Gasteiger partial charge is 0.0918 e. The summed E-state index contributed by atoms with van der Waals surface area (Å²) >= 11 is 0. The van der Waals surface area contributed by atoms with Crippen molar-refractivity contribution >= 4 is 45.5 Å². The van der Waals surface area contributed by atoms with Crippen LogP contribution < -0.4 is 19.6 Å². The van der Waals surface area contributed by atoms with Crippen LogP contribution in [-0.2, 0) is 21.7 Å². The Kier molecular flexibility index (Phi) is 9.70. The fourth-order valence-electron chi connectivity index (χ4n) is 14.7. The van der Waals surface area contributed by atoms with Gasteiger partial charge >= 0.3 is 0 Å². The van der Waals surface area contributed by atoms with Crippen molar-refractivity contribution in [1.29, 1.82) is 5.26 Å². The fraction of sp³-hybridized carbons (Fsp3) is 0.269. The van der Waals surface area contributed by atoms with Gasteiger partial charge in [-0.2, -0.15) is 5.26 Å². The van der Waals surface area contributed by atoms with Crippen molar-refractivity contribution in [2.24, 2.45) is 5.92 Å². The van der Waals surface area contributed by atoms with Crippen LogP contribution in [0, 0.1) is 17.2 Å². The maximum atomic E-state index is 12.9. The Morgan fingerprint density at radius 2 is 0.486 bits per heavy atom. The lowest BCUT2D eigenvalue weighted by Crippen LogP contribution is -2.69. The molecule has 1 fully saturated rings. The van der Waals surface area contributed by atoms with E-state index in [1.165, 1.54) is 90.0 Å². The van der Waals surface area contributed by atoms with Gasteiger partial charge in [0.15, 0.2) is 0 Å². The molecule has 4 heterocycles. The van der Waals surface area contributed by atoms with Gasteiger partial charge in [0, 0.05) is 67.2 Å². The van der Waals surface area contributed by atoms with E-state index in [1.54, 1.807) is 0 Å². The number of nitriles is 1. The number of hydrogen-bond acceptors (Lipinski definition) is 5. The van der Waals surface area contributed by atoms with E-state index in [9.17, 15) is 5.26 Å². The summed E-state index contributed by atoms with van der Waals surface area (Å²) < 4.78 is 0. The van der Waals surface area contributed by atoms with E-state index in [0.29, 0.717) is 0 Å². The van der Waals surface area contributed by atoms with Crippen LogP contribution in [0.2, 0.25) is 0 Å². The Labute approximate surface area is 426 Å². The predicted octanol–water partition coefficient (Wildman–Crippen LogP) is 15.9. The van der Waals surface area contributed by atoms with Crippen LogP contribution in [0.25, 0.3) is 0 Å². The summed E-state index contributed by atoms with van der Waals surface area (Å²) in [6.07, 6.45) is 0.730. The Morgan fingerprint density at radius 1 is 0.306 bits per heavy atom. The summed E-state index contributed by atoms with van der Waals surface area (Å²) in [5.41, 5.74) is 18.7. The Hall–Kier alpha value is -7.55. The summed E-state index contributed by atoms with van der Waals surface area (Å²) in [5, 5.41) is 12.9. The second kappa shape index (κ2) is 15.7. The largest absolute Gasteiger partial charge is 0.336 e. The molecule has 0 N–H and O–H groups in total. The monoisotopic (exact) mass is 938 g/mol. The molecule has 5 aliphatic rings. The molecule has 8 aromatic rings. The van der Waals surface area contributed by atoms with Gasteiger partial charge in [0.1, 0.15) is 0 Å². The second-order valence-corrected chi connectivity index (χ2v) is 23.1. The molecular weight excluding hydrogens is 875 g/mol. The first-order valence-corrected chi connectivity index (χ1v) is 26.1. The van der Waals surface area contributed by atoms with Gasteiger partial charge < -0.3 is 19.6 Å². The van der Waals surface area contributed by atoms with Crippen molar-refractivity contribution in [3.05, 3.63) is 239 Å². The van der Waals surface area contributed by atoms with Gasteiger partial charge in [-0.25, -0.2) is 0 Å². The lowest BCUT2D eigenvalue weighted by Gasteiger charge is -2.61. The van der Waals surface area contributed by atoms with Crippen LogP contribution in [-0.4, -0.2) is 24.2 Å². The third kappa shape index (κ3) is 5.99. The summed E-state index contributed by atoms with van der Waals surface area (Å²) in [5.74, 6) is -0.568. The molecule has 0 bridgehead atoms. The average molecular weight is 938 g/mol. The van der Waals surface area contributed by atoms with Crippen LogP contribution >= 0.6 is 0 Å². The minimum atomic E-state index is -0.568. The van der Waals surface area contributed by atoms with Gasteiger partial charge in [-0.15, -0.1) is 0 Å². The minimum Gasteiger partial charge on any atom is -0.336 e. The summed E-state index contributed by atoms with van der Waals surface area (Å²) in [6.45, 7) is 19.0. The third-order valence-corrected chi connectivity index (χ3v) is 18.1. The standard InChI is InChI=1S/C67H63N5/c1-64(2)44-25-9-17-33-52(44)69(53-34-18-10-26-45(53)64)60-41-61(70-54-35-19-11-27-46(54)65(3,4)47-28-12-20-36-55(47)70)63(72-58-39-23-15-31-50(58)67(7,8)51-32-16-24-40-59(51)72)43(42-68)62(60)71-56-37-21-13-29-48(56)66(5,6)49-30-14-22-38-57(49)71/h9-40,43,60-63H,41H2,1-8H3. The fourth-order valence-corrected chi connectivity index (χ4v) is 14.7. The zero-order valence-corrected chi connectivity index (χ0v) is 42.8. The zero-order chi connectivity index (χ0) is 49.5. The molecular formula is C67H63N5. The highest BCUT2D eigenvalue weighted by Crippen LogP contribution is 2.60. The van der Waals surface area contributed by atoms with E-state index in [1.807, 2.05) is 0 Å². The molecule has 0 spiro atoms. The molecule has 8 aromatic carbocycles. The van der Waals surface area contributed by atoms with E-state index in [2.05, 4.69) is 275 Å². The van der Waals surface area contributed by atoms with E-state index in [-0.39, 0.29) is 45.8 Å². The predicted molar refractivity (Wildman–Crippen MR) is 297 cm³/mol. The number of rotatable bonds is 4. The van der Waals surface area contributed by atoms with Gasteiger partial charge in [0.2, 0.25) is 0 Å². The normalized spacial score (nSPS) is 23.1. The van der Waals surface area contributed by atoms with Crippen molar-refractivity contribution in [3.63, 3.8) is 0 Å². The number of hydrogen-bond donors (Lipinski definition) is 0. The first-order valence-electron chi connectivity index (χ1n) is 26.1.